The maximum atomic E-state index is 12.6. The summed E-state index contributed by atoms with van der Waals surface area (Å²) in [5.74, 6) is 0.514. The Morgan fingerprint density at radius 3 is 2.30 bits per heavy atom. The Bertz CT molecular complexity index is 837. The Balaban J connectivity index is 2.47. The molecule has 0 radical (unpaired) electrons. The van der Waals surface area contributed by atoms with Gasteiger partial charge in [0.15, 0.2) is 0 Å². The van der Waals surface area contributed by atoms with Crippen LogP contribution in [-0.2, 0) is 10.0 Å². The number of methoxy groups -OCH3 is 1. The minimum Gasteiger partial charge on any atom is -0.497 e. The number of nitro groups is 1. The average molecular weight is 357 g/mol. The number of halogens is 1. The van der Waals surface area contributed by atoms with Gasteiger partial charge >= 0.3 is 0 Å². The number of anilines is 1. The maximum Gasteiger partial charge on any atom is 0.271 e. The number of nitrogens with zero attached hydrogens (tertiary/aromatic N) is 2. The molecular formula is C14H13ClN2O5S. The van der Waals surface area contributed by atoms with Crippen molar-refractivity contribution in [2.75, 3.05) is 18.5 Å². The lowest BCUT2D eigenvalue weighted by Gasteiger charge is -2.20. The van der Waals surface area contributed by atoms with Crippen molar-refractivity contribution in [3.05, 3.63) is 57.6 Å². The Labute approximate surface area is 138 Å². The lowest BCUT2D eigenvalue weighted by molar-refractivity contribution is -0.384. The van der Waals surface area contributed by atoms with Crippen LogP contribution in [0.1, 0.15) is 0 Å². The van der Waals surface area contributed by atoms with Crippen LogP contribution in [0.15, 0.2) is 47.4 Å². The van der Waals surface area contributed by atoms with Crippen LogP contribution in [0.4, 0.5) is 11.4 Å². The topological polar surface area (TPSA) is 89.8 Å². The molecule has 0 atom stereocenters. The summed E-state index contributed by atoms with van der Waals surface area (Å²) in [6, 6.07) is 9.40. The van der Waals surface area contributed by atoms with Crippen LogP contribution in [0.3, 0.4) is 0 Å². The second-order valence-electron chi connectivity index (χ2n) is 4.54. The van der Waals surface area contributed by atoms with Crippen molar-refractivity contribution >= 4 is 33.0 Å². The molecule has 23 heavy (non-hydrogen) atoms. The van der Waals surface area contributed by atoms with E-state index in [1.807, 2.05) is 0 Å². The predicted molar refractivity (Wildman–Crippen MR) is 86.7 cm³/mol. The van der Waals surface area contributed by atoms with Gasteiger partial charge in [0.2, 0.25) is 0 Å². The highest BCUT2D eigenvalue weighted by atomic mass is 35.5. The third-order valence-electron chi connectivity index (χ3n) is 3.20. The van der Waals surface area contributed by atoms with Crippen LogP contribution in [0.5, 0.6) is 5.75 Å². The van der Waals surface area contributed by atoms with Crippen LogP contribution in [0.25, 0.3) is 0 Å². The molecule has 0 saturated heterocycles. The molecule has 0 amide bonds. The van der Waals surface area contributed by atoms with Gasteiger partial charge in [-0.1, -0.05) is 11.6 Å². The molecular weight excluding hydrogens is 344 g/mol. The SMILES string of the molecule is COc1ccc(S(=O)(=O)N(C)c2cc([N+](=O)[O-])ccc2Cl)cc1. The van der Waals surface area contributed by atoms with E-state index in [1.165, 1.54) is 50.6 Å². The van der Waals surface area contributed by atoms with Crippen molar-refractivity contribution in [2.24, 2.45) is 0 Å². The van der Waals surface area contributed by atoms with E-state index in [2.05, 4.69) is 0 Å². The second kappa shape index (κ2) is 6.43. The van der Waals surface area contributed by atoms with E-state index >= 15 is 0 Å². The minimum absolute atomic E-state index is 0.0170. The molecule has 0 bridgehead atoms. The molecule has 2 aromatic rings. The number of ether oxygens (including phenoxy) is 1. The first-order valence-corrected chi connectivity index (χ1v) is 8.16. The average Bonchev–Trinajstić information content (AvgIpc) is 2.54. The van der Waals surface area contributed by atoms with Gasteiger partial charge in [0.25, 0.3) is 15.7 Å². The first kappa shape index (κ1) is 17.0. The molecule has 0 heterocycles. The van der Waals surface area contributed by atoms with Gasteiger partial charge in [-0.25, -0.2) is 8.42 Å². The summed E-state index contributed by atoms with van der Waals surface area (Å²) in [5.41, 5.74) is -0.224. The Hall–Kier alpha value is -2.32. The molecule has 2 aromatic carbocycles. The van der Waals surface area contributed by atoms with Crippen molar-refractivity contribution in [2.45, 2.75) is 4.90 Å². The van der Waals surface area contributed by atoms with E-state index in [4.69, 9.17) is 16.3 Å². The Kier molecular flexibility index (Phi) is 4.76. The van der Waals surface area contributed by atoms with Gasteiger partial charge in [-0.3, -0.25) is 14.4 Å². The molecule has 2 rings (SSSR count). The highest BCUT2D eigenvalue weighted by Crippen LogP contribution is 2.32. The summed E-state index contributed by atoms with van der Waals surface area (Å²) >= 11 is 5.99. The van der Waals surface area contributed by atoms with E-state index in [0.29, 0.717) is 5.75 Å². The van der Waals surface area contributed by atoms with Gasteiger partial charge in [0.1, 0.15) is 5.75 Å². The van der Waals surface area contributed by atoms with Crippen LogP contribution in [0, 0.1) is 10.1 Å². The first-order valence-electron chi connectivity index (χ1n) is 6.34. The van der Waals surface area contributed by atoms with Crippen LogP contribution < -0.4 is 9.04 Å². The molecule has 0 unspecified atom stereocenters. The molecule has 0 saturated carbocycles. The molecule has 9 heteroatoms. The number of hydrogen-bond acceptors (Lipinski definition) is 5. The van der Waals surface area contributed by atoms with Crippen LogP contribution in [-0.4, -0.2) is 27.5 Å². The summed E-state index contributed by atoms with van der Waals surface area (Å²) in [6.07, 6.45) is 0. The smallest absolute Gasteiger partial charge is 0.271 e. The fourth-order valence-corrected chi connectivity index (χ4v) is 3.39. The second-order valence-corrected chi connectivity index (χ2v) is 6.92. The molecule has 0 aliphatic heterocycles. The summed E-state index contributed by atoms with van der Waals surface area (Å²) in [4.78, 5) is 10.3. The molecule has 0 aliphatic rings. The number of rotatable bonds is 5. The number of sulfonamides is 1. The third kappa shape index (κ3) is 3.38. The van der Waals surface area contributed by atoms with Crippen molar-refractivity contribution in [3.63, 3.8) is 0 Å². The number of benzene rings is 2. The van der Waals surface area contributed by atoms with Gasteiger partial charge in [0.05, 0.1) is 27.6 Å². The zero-order chi connectivity index (χ0) is 17.2. The van der Waals surface area contributed by atoms with Crippen LogP contribution in [0.2, 0.25) is 5.02 Å². The molecule has 7 nitrogen and oxygen atoms in total. The van der Waals surface area contributed by atoms with Crippen molar-refractivity contribution in [3.8, 4) is 5.75 Å². The third-order valence-corrected chi connectivity index (χ3v) is 5.30. The first-order chi connectivity index (χ1) is 10.8. The lowest BCUT2D eigenvalue weighted by atomic mass is 10.3. The van der Waals surface area contributed by atoms with Gasteiger partial charge in [0, 0.05) is 19.2 Å². The standard InChI is InChI=1S/C14H13ClN2O5S/c1-16(14-9-10(17(18)19)3-8-13(14)15)23(20,21)12-6-4-11(22-2)5-7-12/h3-9H,1-2H3. The van der Waals surface area contributed by atoms with Gasteiger partial charge < -0.3 is 4.74 Å². The van der Waals surface area contributed by atoms with Crippen molar-refractivity contribution in [1.29, 1.82) is 0 Å². The molecule has 0 spiro atoms. The minimum atomic E-state index is -3.91. The van der Waals surface area contributed by atoms with E-state index in [-0.39, 0.29) is 21.3 Å². The Morgan fingerprint density at radius 2 is 1.78 bits per heavy atom. The summed E-state index contributed by atoms with van der Waals surface area (Å²) in [6.45, 7) is 0. The molecule has 122 valence electrons. The zero-order valence-corrected chi connectivity index (χ0v) is 13.8. The zero-order valence-electron chi connectivity index (χ0n) is 12.3. The fourth-order valence-electron chi connectivity index (χ4n) is 1.89. The predicted octanol–water partition coefficient (Wildman–Crippen LogP) is 3.08. The number of nitro benzene ring substituents is 1. The van der Waals surface area contributed by atoms with Gasteiger partial charge in [-0.2, -0.15) is 0 Å². The largest absolute Gasteiger partial charge is 0.497 e. The number of non-ortho nitro benzene ring substituents is 1. The quantitative estimate of drug-likeness (QED) is 0.606. The fraction of sp³-hybridized carbons (Fsp3) is 0.143. The molecule has 0 fully saturated rings. The van der Waals surface area contributed by atoms with Crippen molar-refractivity contribution in [1.82, 2.24) is 0 Å². The molecule has 0 aliphatic carbocycles. The van der Waals surface area contributed by atoms with Gasteiger partial charge in [-0.05, 0) is 30.3 Å². The number of hydrogen-bond donors (Lipinski definition) is 0. The maximum absolute atomic E-state index is 12.6. The van der Waals surface area contributed by atoms with E-state index in [9.17, 15) is 18.5 Å². The van der Waals surface area contributed by atoms with E-state index < -0.39 is 14.9 Å². The summed E-state index contributed by atoms with van der Waals surface area (Å²) in [5, 5.41) is 11.0. The van der Waals surface area contributed by atoms with Gasteiger partial charge in [-0.15, -0.1) is 0 Å². The van der Waals surface area contributed by atoms with Crippen LogP contribution >= 0.6 is 11.6 Å². The molecule has 0 aromatic heterocycles. The van der Waals surface area contributed by atoms with E-state index in [1.54, 1.807) is 0 Å². The summed E-state index contributed by atoms with van der Waals surface area (Å²) in [7, 11) is -1.16. The monoisotopic (exact) mass is 356 g/mol. The highest BCUT2D eigenvalue weighted by molar-refractivity contribution is 7.92. The highest BCUT2D eigenvalue weighted by Gasteiger charge is 2.24. The van der Waals surface area contributed by atoms with Crippen molar-refractivity contribution < 1.29 is 18.1 Å². The summed E-state index contributed by atoms with van der Waals surface area (Å²) < 4.78 is 31.1. The normalized spacial score (nSPS) is 11.1. The lowest BCUT2D eigenvalue weighted by Crippen LogP contribution is -2.26. The Morgan fingerprint density at radius 1 is 1.17 bits per heavy atom. The van der Waals surface area contributed by atoms with E-state index in [0.717, 1.165) is 10.4 Å². The molecule has 0 N–H and O–H groups in total.